The van der Waals surface area contributed by atoms with Crippen molar-refractivity contribution in [3.8, 4) is 11.1 Å². The fourth-order valence-electron chi connectivity index (χ4n) is 3.88. The highest BCUT2D eigenvalue weighted by Gasteiger charge is 2.24. The van der Waals surface area contributed by atoms with E-state index < -0.39 is 10.0 Å². The summed E-state index contributed by atoms with van der Waals surface area (Å²) in [6.07, 6.45) is 0. The number of hydrogen-bond donors (Lipinski definition) is 3. The Hall–Kier alpha value is -2.98. The van der Waals surface area contributed by atoms with Crippen molar-refractivity contribution in [1.29, 1.82) is 0 Å². The average Bonchev–Trinajstić information content (AvgIpc) is 3.25. The molecule has 0 saturated carbocycles. The smallest absolute Gasteiger partial charge is 0.233 e. The molecule has 7 nitrogen and oxygen atoms in total. The number of carbonyl (C=O) groups excluding carboxylic acids is 1. The lowest BCUT2D eigenvalue weighted by Gasteiger charge is -2.07. The number of rotatable bonds is 11. The van der Waals surface area contributed by atoms with Crippen molar-refractivity contribution in [3.63, 3.8) is 0 Å². The van der Waals surface area contributed by atoms with E-state index >= 15 is 0 Å². The predicted molar refractivity (Wildman–Crippen MR) is 146 cm³/mol. The maximum absolute atomic E-state index is 13.4. The van der Waals surface area contributed by atoms with E-state index in [0.717, 1.165) is 27.5 Å². The molecule has 1 aromatic heterocycles. The molecule has 192 valence electrons. The molecule has 0 amide bonds. The second-order valence-electron chi connectivity index (χ2n) is 8.21. The van der Waals surface area contributed by atoms with E-state index in [0.29, 0.717) is 29.3 Å². The van der Waals surface area contributed by atoms with Crippen molar-refractivity contribution >= 4 is 50.0 Å². The van der Waals surface area contributed by atoms with Gasteiger partial charge >= 0.3 is 0 Å². The standard InChI is InChI=1S/C27H24Cl2N2O5S/c1-2-37(34,35)31-15-17-4-3-5-18(12-17)19-6-8-21-23(16-30-10-11-32)27(36-25(21)13-19)26(33)22-9-7-20(28)14-24(22)29/h2-9,12-14,30-32H,1,10-11,15-16H2. The molecule has 3 aromatic carbocycles. The van der Waals surface area contributed by atoms with Crippen LogP contribution in [0.15, 0.2) is 77.1 Å². The molecular weight excluding hydrogens is 535 g/mol. The van der Waals surface area contributed by atoms with Gasteiger partial charge < -0.3 is 14.8 Å². The summed E-state index contributed by atoms with van der Waals surface area (Å²) < 4.78 is 31.9. The van der Waals surface area contributed by atoms with Crippen LogP contribution in [-0.2, 0) is 23.1 Å². The third-order valence-corrected chi connectivity index (χ3v) is 7.26. The van der Waals surface area contributed by atoms with Gasteiger partial charge in [-0.05, 0) is 47.0 Å². The zero-order valence-electron chi connectivity index (χ0n) is 19.6. The molecule has 37 heavy (non-hydrogen) atoms. The van der Waals surface area contributed by atoms with E-state index in [1.165, 1.54) is 6.07 Å². The summed E-state index contributed by atoms with van der Waals surface area (Å²) in [7, 11) is -3.54. The molecule has 4 aromatic rings. The number of hydrogen-bond acceptors (Lipinski definition) is 6. The Labute approximate surface area is 224 Å². The van der Waals surface area contributed by atoms with Gasteiger partial charge in [0.1, 0.15) is 5.58 Å². The molecule has 0 bridgehead atoms. The number of aliphatic hydroxyl groups excluding tert-OH is 1. The molecule has 0 atom stereocenters. The van der Waals surface area contributed by atoms with Gasteiger partial charge in [0.15, 0.2) is 5.76 Å². The lowest BCUT2D eigenvalue weighted by Crippen LogP contribution is -2.20. The first-order valence-electron chi connectivity index (χ1n) is 11.3. The zero-order valence-corrected chi connectivity index (χ0v) is 22.0. The molecule has 1 heterocycles. The number of benzene rings is 3. The van der Waals surface area contributed by atoms with Gasteiger partial charge in [-0.1, -0.05) is 60.1 Å². The Balaban J connectivity index is 1.73. The van der Waals surface area contributed by atoms with Crippen LogP contribution in [0, 0.1) is 0 Å². The summed E-state index contributed by atoms with van der Waals surface area (Å²) in [6, 6.07) is 17.7. The number of halogens is 2. The van der Waals surface area contributed by atoms with Crippen LogP contribution in [0.1, 0.15) is 27.2 Å². The topological polar surface area (TPSA) is 109 Å². The van der Waals surface area contributed by atoms with Crippen molar-refractivity contribution in [2.45, 2.75) is 13.1 Å². The molecule has 3 N–H and O–H groups in total. The molecule has 0 fully saturated rings. The SMILES string of the molecule is C=CS(=O)(=O)NCc1cccc(-c2ccc3c(CNCCO)c(C(=O)c4ccc(Cl)cc4Cl)oc3c2)c1. The van der Waals surface area contributed by atoms with Gasteiger partial charge in [0, 0.05) is 46.6 Å². The Morgan fingerprint density at radius 3 is 2.54 bits per heavy atom. The molecule has 0 spiro atoms. The summed E-state index contributed by atoms with van der Waals surface area (Å²) in [5, 5.41) is 14.5. The van der Waals surface area contributed by atoms with E-state index in [9.17, 15) is 18.3 Å². The number of aliphatic hydroxyl groups is 1. The number of nitrogens with one attached hydrogen (secondary N) is 2. The predicted octanol–water partition coefficient (Wildman–Crippen LogP) is 5.28. The minimum atomic E-state index is -3.54. The van der Waals surface area contributed by atoms with Crippen molar-refractivity contribution in [1.82, 2.24) is 10.0 Å². The summed E-state index contributed by atoms with van der Waals surface area (Å²) in [4.78, 5) is 13.4. The van der Waals surface area contributed by atoms with Gasteiger partial charge in [0.2, 0.25) is 15.8 Å². The fourth-order valence-corrected chi connectivity index (χ4v) is 4.86. The summed E-state index contributed by atoms with van der Waals surface area (Å²) in [5.74, 6) is -0.230. The summed E-state index contributed by atoms with van der Waals surface area (Å²) in [6.45, 7) is 4.02. The van der Waals surface area contributed by atoms with Gasteiger partial charge in [-0.3, -0.25) is 4.79 Å². The Morgan fingerprint density at radius 1 is 1.03 bits per heavy atom. The molecule has 0 radical (unpaired) electrons. The van der Waals surface area contributed by atoms with Crippen molar-refractivity contribution in [2.75, 3.05) is 13.2 Å². The number of ketones is 1. The van der Waals surface area contributed by atoms with Crippen LogP contribution in [0.4, 0.5) is 0 Å². The van der Waals surface area contributed by atoms with Crippen molar-refractivity contribution in [3.05, 3.63) is 105 Å². The van der Waals surface area contributed by atoms with E-state index in [2.05, 4.69) is 16.6 Å². The molecule has 0 aliphatic heterocycles. The first kappa shape index (κ1) is 27.1. The minimum absolute atomic E-state index is 0.0501. The number of fused-ring (bicyclic) bond motifs is 1. The first-order valence-corrected chi connectivity index (χ1v) is 13.6. The lowest BCUT2D eigenvalue weighted by atomic mass is 10.00. The number of furan rings is 1. The number of sulfonamides is 1. The quantitative estimate of drug-likeness (QED) is 0.170. The van der Waals surface area contributed by atoms with Gasteiger partial charge in [-0.15, -0.1) is 0 Å². The van der Waals surface area contributed by atoms with Crippen LogP contribution < -0.4 is 10.0 Å². The fraction of sp³-hybridized carbons (Fsp3) is 0.148. The lowest BCUT2D eigenvalue weighted by molar-refractivity contribution is 0.101. The van der Waals surface area contributed by atoms with Gasteiger partial charge in [-0.25, -0.2) is 13.1 Å². The Morgan fingerprint density at radius 2 is 1.81 bits per heavy atom. The van der Waals surface area contributed by atoms with Gasteiger partial charge in [0.05, 0.1) is 11.6 Å². The second-order valence-corrected chi connectivity index (χ2v) is 10.8. The average molecular weight is 559 g/mol. The van der Waals surface area contributed by atoms with E-state index in [4.69, 9.17) is 27.6 Å². The van der Waals surface area contributed by atoms with Gasteiger partial charge in [-0.2, -0.15) is 0 Å². The third kappa shape index (κ3) is 6.30. The zero-order chi connectivity index (χ0) is 26.6. The minimum Gasteiger partial charge on any atom is -0.452 e. The van der Waals surface area contributed by atoms with Crippen LogP contribution in [0.25, 0.3) is 22.1 Å². The highest BCUT2D eigenvalue weighted by molar-refractivity contribution is 7.92. The molecule has 0 aliphatic carbocycles. The molecule has 4 rings (SSSR count). The van der Waals surface area contributed by atoms with Gasteiger partial charge in [0.25, 0.3) is 0 Å². The summed E-state index contributed by atoms with van der Waals surface area (Å²) >= 11 is 12.3. The Kier molecular flexibility index (Phi) is 8.49. The summed E-state index contributed by atoms with van der Waals surface area (Å²) in [5.41, 5.74) is 3.87. The normalized spacial score (nSPS) is 11.6. The highest BCUT2D eigenvalue weighted by atomic mass is 35.5. The van der Waals surface area contributed by atoms with Crippen LogP contribution >= 0.6 is 23.2 Å². The van der Waals surface area contributed by atoms with Crippen molar-refractivity contribution < 1.29 is 22.7 Å². The third-order valence-electron chi connectivity index (χ3n) is 5.72. The monoisotopic (exact) mass is 558 g/mol. The maximum Gasteiger partial charge on any atom is 0.233 e. The largest absolute Gasteiger partial charge is 0.452 e. The highest BCUT2D eigenvalue weighted by Crippen LogP contribution is 2.33. The van der Waals surface area contributed by atoms with Crippen LogP contribution in [0.2, 0.25) is 10.0 Å². The molecule has 10 heteroatoms. The van der Waals surface area contributed by atoms with Crippen LogP contribution in [0.3, 0.4) is 0 Å². The van der Waals surface area contributed by atoms with E-state index in [1.54, 1.807) is 12.1 Å². The first-order chi connectivity index (χ1) is 17.7. The van der Waals surface area contributed by atoms with Crippen LogP contribution in [0.5, 0.6) is 0 Å². The maximum atomic E-state index is 13.4. The molecule has 0 aliphatic rings. The molecular formula is C27H24Cl2N2O5S. The number of carbonyl (C=O) groups is 1. The van der Waals surface area contributed by atoms with Crippen molar-refractivity contribution in [2.24, 2.45) is 0 Å². The molecule has 0 unspecified atom stereocenters. The molecule has 0 saturated heterocycles. The second kappa shape index (κ2) is 11.6. The van der Waals surface area contributed by atoms with E-state index in [1.807, 2.05) is 42.5 Å². The Bertz CT molecular complexity index is 1580. The van der Waals surface area contributed by atoms with Crippen LogP contribution in [-0.4, -0.2) is 32.5 Å². The van der Waals surface area contributed by atoms with E-state index in [-0.39, 0.29) is 35.3 Å².